The summed E-state index contributed by atoms with van der Waals surface area (Å²) < 4.78 is 3.37. The number of rotatable bonds is 1. The van der Waals surface area contributed by atoms with Crippen LogP contribution in [-0.2, 0) is 4.79 Å². The lowest BCUT2D eigenvalue weighted by molar-refractivity contribution is 0.566. The van der Waals surface area contributed by atoms with E-state index in [1.54, 1.807) is 0 Å². The molecule has 28 valence electrons. The lowest BCUT2D eigenvalue weighted by atomic mass is 11.7. The van der Waals surface area contributed by atoms with Crippen molar-refractivity contribution in [2.24, 2.45) is 4.66 Å². The van der Waals surface area contributed by atoms with Gasteiger partial charge >= 0.3 is 0 Å². The van der Waals surface area contributed by atoms with Gasteiger partial charge in [0.05, 0.1) is 0 Å². The van der Waals surface area contributed by atoms with Crippen molar-refractivity contribution in [1.82, 2.24) is 0 Å². The molecule has 5 heavy (non-hydrogen) atoms. The third kappa shape index (κ3) is 3.81. The van der Waals surface area contributed by atoms with Crippen molar-refractivity contribution in [2.75, 3.05) is 0 Å². The van der Waals surface area contributed by atoms with Crippen LogP contribution in [-0.4, -0.2) is 25.0 Å². The highest BCUT2D eigenvalue weighted by Gasteiger charge is 1.55. The van der Waals surface area contributed by atoms with E-state index in [4.69, 9.17) is 0 Å². The fourth-order valence-electron chi connectivity index (χ4n) is 0.0645. The van der Waals surface area contributed by atoms with E-state index in [2.05, 4.69) is 4.66 Å². The fourth-order valence-corrected chi connectivity index (χ4v) is 0.581. The summed E-state index contributed by atoms with van der Waals surface area (Å²) in [6.45, 7) is 0. The summed E-state index contributed by atoms with van der Waals surface area (Å²) in [4.78, 5) is 9.17. The van der Waals surface area contributed by atoms with Crippen molar-refractivity contribution in [3.63, 3.8) is 0 Å². The molecule has 0 aliphatic carbocycles. The Morgan fingerprint density at radius 1 is 2.00 bits per heavy atom. The van der Waals surface area contributed by atoms with Crippen LogP contribution in [0.4, 0.5) is 0 Å². The maximum absolute atomic E-state index is 9.17. The van der Waals surface area contributed by atoms with Crippen LogP contribution in [0.1, 0.15) is 0 Å². The molecule has 4 heteroatoms. The largest absolute Gasteiger partial charge is 0.260 e. The van der Waals surface area contributed by atoms with Crippen LogP contribution < -0.4 is 0 Å². The van der Waals surface area contributed by atoms with E-state index in [0.29, 0.717) is 0 Å². The molecule has 0 spiro atoms. The summed E-state index contributed by atoms with van der Waals surface area (Å²) in [7, 11) is 0.863. The van der Waals surface area contributed by atoms with E-state index in [9.17, 15) is 4.79 Å². The standard InChI is InChI=1S/CH5NOSi2/c3-1-2-5-4/h5H2,4H3. The fraction of sp³-hybridized carbons (Fsp3) is 0. The van der Waals surface area contributed by atoms with Gasteiger partial charge in [0.25, 0.3) is 0 Å². The first-order valence-corrected chi connectivity index (χ1v) is 7.74. The zero-order valence-corrected chi connectivity index (χ0v) is 6.48. The molecule has 0 bridgehead atoms. The number of carbonyl (C=O) groups excluding carboxylic acids is 1. The number of hydrogen-bond donors (Lipinski definition) is 0. The van der Waals surface area contributed by atoms with Crippen molar-refractivity contribution in [2.45, 2.75) is 0 Å². The maximum Gasteiger partial charge on any atom is 0.223 e. The van der Waals surface area contributed by atoms with Crippen LogP contribution in [0.3, 0.4) is 0 Å². The van der Waals surface area contributed by atoms with Crippen LogP contribution in [0, 0.1) is 0 Å². The van der Waals surface area contributed by atoms with E-state index in [1.165, 1.54) is 6.08 Å². The summed E-state index contributed by atoms with van der Waals surface area (Å²) in [5, 5.41) is 0. The third-order valence-electron chi connectivity index (χ3n) is 0.223. The van der Waals surface area contributed by atoms with Crippen molar-refractivity contribution in [3.8, 4) is 0 Å². The second-order valence-electron chi connectivity index (χ2n) is 0.566. The Labute approximate surface area is 35.4 Å². The molecule has 0 rings (SSSR count). The lowest BCUT2D eigenvalue weighted by Gasteiger charge is -1.55. The average Bonchev–Trinajstić information content (AvgIpc) is 1.41. The minimum Gasteiger partial charge on any atom is -0.260 e. The van der Waals surface area contributed by atoms with E-state index in [0.717, 1.165) is 9.76 Å². The Kier molecular flexibility index (Phi) is 3.67. The van der Waals surface area contributed by atoms with Gasteiger partial charge in [-0.2, -0.15) is 0 Å². The summed E-state index contributed by atoms with van der Waals surface area (Å²) in [5.74, 6) is 0. The molecule has 0 aliphatic heterocycles. The first-order valence-electron chi connectivity index (χ1n) is 1.45. The monoisotopic (exact) mass is 103 g/mol. The molecular weight excluding hydrogens is 98.2 g/mol. The van der Waals surface area contributed by atoms with E-state index >= 15 is 0 Å². The summed E-state index contributed by atoms with van der Waals surface area (Å²) in [5.41, 5.74) is 0. The predicted molar refractivity (Wildman–Crippen MR) is 26.6 cm³/mol. The minimum absolute atomic E-state index is 0.246. The van der Waals surface area contributed by atoms with Gasteiger partial charge in [0.1, 0.15) is 9.20 Å². The highest BCUT2D eigenvalue weighted by molar-refractivity contribution is 6.88. The van der Waals surface area contributed by atoms with E-state index in [1.807, 2.05) is 0 Å². The molecule has 0 fully saturated rings. The Balaban J connectivity index is 2.93. The van der Waals surface area contributed by atoms with Gasteiger partial charge in [0, 0.05) is 9.76 Å². The highest BCUT2D eigenvalue weighted by atomic mass is 29.1. The number of hydrogen-bond acceptors (Lipinski definition) is 2. The molecule has 2 nitrogen and oxygen atoms in total. The Morgan fingerprint density at radius 3 is 2.60 bits per heavy atom. The second kappa shape index (κ2) is 3.81. The van der Waals surface area contributed by atoms with Crippen molar-refractivity contribution < 1.29 is 4.79 Å². The minimum atomic E-state index is -0.246. The topological polar surface area (TPSA) is 29.4 Å². The molecular formula is CH5NOSi2. The predicted octanol–water partition coefficient (Wildman–Crippen LogP) is -2.31. The third-order valence-corrected chi connectivity index (χ3v) is 1.62. The van der Waals surface area contributed by atoms with Gasteiger partial charge < -0.3 is 0 Å². The van der Waals surface area contributed by atoms with Crippen molar-refractivity contribution >= 4 is 25.0 Å². The molecule has 0 aromatic carbocycles. The van der Waals surface area contributed by atoms with Gasteiger partial charge in [0.15, 0.2) is 0 Å². The molecule has 0 N–H and O–H groups in total. The zero-order chi connectivity index (χ0) is 4.12. The normalized spacial score (nSPS) is 8.80. The molecule has 0 aromatic heterocycles. The summed E-state index contributed by atoms with van der Waals surface area (Å²) >= 11 is 0. The van der Waals surface area contributed by atoms with Crippen LogP contribution in [0.15, 0.2) is 4.66 Å². The molecule has 0 aromatic rings. The van der Waals surface area contributed by atoms with Crippen LogP contribution in [0.25, 0.3) is 0 Å². The van der Waals surface area contributed by atoms with Crippen LogP contribution in [0.2, 0.25) is 0 Å². The SMILES string of the molecule is O=C=N[SiH2][SiH3]. The summed E-state index contributed by atoms with van der Waals surface area (Å²) in [6.07, 6.45) is 1.49. The lowest BCUT2D eigenvalue weighted by Crippen LogP contribution is -1.76. The summed E-state index contributed by atoms with van der Waals surface area (Å²) in [6, 6.07) is 0. The molecule has 0 unspecified atom stereocenters. The van der Waals surface area contributed by atoms with E-state index in [-0.39, 0.29) is 9.20 Å². The van der Waals surface area contributed by atoms with Gasteiger partial charge in [-0.05, 0) is 0 Å². The molecule has 0 radical (unpaired) electrons. The van der Waals surface area contributed by atoms with Gasteiger partial charge in [-0.25, -0.2) is 4.79 Å². The second-order valence-corrected chi connectivity index (χ2v) is 3.41. The van der Waals surface area contributed by atoms with Crippen LogP contribution >= 0.6 is 0 Å². The molecule has 0 saturated carbocycles. The number of isocyanates is 1. The van der Waals surface area contributed by atoms with Crippen molar-refractivity contribution in [1.29, 1.82) is 0 Å². The van der Waals surface area contributed by atoms with Gasteiger partial charge in [-0.1, -0.05) is 0 Å². The van der Waals surface area contributed by atoms with Gasteiger partial charge in [0.2, 0.25) is 6.08 Å². The smallest absolute Gasteiger partial charge is 0.223 e. The molecule has 0 aliphatic rings. The number of nitrogens with zero attached hydrogens (tertiary/aromatic N) is 1. The van der Waals surface area contributed by atoms with Crippen molar-refractivity contribution in [3.05, 3.63) is 0 Å². The van der Waals surface area contributed by atoms with E-state index < -0.39 is 0 Å². The average molecular weight is 103 g/mol. The first kappa shape index (κ1) is 4.81. The molecule has 0 amide bonds. The first-order chi connectivity index (χ1) is 2.41. The quantitative estimate of drug-likeness (QED) is 0.208. The molecule has 0 saturated heterocycles. The highest BCUT2D eigenvalue weighted by Crippen LogP contribution is 1.39. The maximum atomic E-state index is 9.17. The Bertz CT molecular complexity index is 56.7. The molecule has 0 atom stereocenters. The zero-order valence-electron chi connectivity index (χ0n) is 3.06. The molecule has 0 heterocycles. The van der Waals surface area contributed by atoms with Crippen LogP contribution in [0.5, 0.6) is 0 Å². The Hall–Kier alpha value is -0.186. The van der Waals surface area contributed by atoms with Gasteiger partial charge in [-0.3, -0.25) is 4.66 Å². The van der Waals surface area contributed by atoms with Gasteiger partial charge in [-0.15, -0.1) is 0 Å². The Morgan fingerprint density at radius 2 is 2.60 bits per heavy atom.